The second kappa shape index (κ2) is 7.48. The molecule has 0 aliphatic heterocycles. The van der Waals surface area contributed by atoms with Gasteiger partial charge in [-0.1, -0.05) is 54.1 Å². The van der Waals surface area contributed by atoms with Gasteiger partial charge in [0, 0.05) is 35.0 Å². The molecule has 0 spiro atoms. The van der Waals surface area contributed by atoms with Crippen molar-refractivity contribution in [1.82, 2.24) is 10.2 Å². The number of nitrogens with one attached hydrogen (secondary N) is 1. The molecule has 3 aromatic carbocycles. The maximum Gasteiger partial charge on any atom is 0.246 e. The van der Waals surface area contributed by atoms with Crippen molar-refractivity contribution in [2.75, 3.05) is 5.32 Å². The molecular weight excluding hydrogens is 350 g/mol. The Balaban J connectivity index is 1.74. The predicted octanol–water partition coefficient (Wildman–Crippen LogP) is 5.36. The van der Waals surface area contributed by atoms with E-state index in [1.165, 1.54) is 12.5 Å². The van der Waals surface area contributed by atoms with Crippen molar-refractivity contribution in [3.63, 3.8) is 0 Å². The van der Waals surface area contributed by atoms with Crippen molar-refractivity contribution >= 4 is 22.4 Å². The first-order valence-corrected chi connectivity index (χ1v) is 8.98. The van der Waals surface area contributed by atoms with Crippen LogP contribution in [0.15, 0.2) is 72.8 Å². The van der Waals surface area contributed by atoms with Crippen LogP contribution in [0.1, 0.15) is 12.5 Å². The fraction of sp³-hybridized carbons (Fsp3) is 0.0870. The van der Waals surface area contributed by atoms with E-state index in [1.807, 2.05) is 48.5 Å². The summed E-state index contributed by atoms with van der Waals surface area (Å²) in [6.07, 6.45) is 0. The van der Waals surface area contributed by atoms with Crippen molar-refractivity contribution in [1.29, 1.82) is 0 Å². The van der Waals surface area contributed by atoms with Gasteiger partial charge in [0.25, 0.3) is 0 Å². The minimum absolute atomic E-state index is 0.134. The van der Waals surface area contributed by atoms with E-state index in [1.54, 1.807) is 12.1 Å². The van der Waals surface area contributed by atoms with E-state index < -0.39 is 0 Å². The van der Waals surface area contributed by atoms with Crippen LogP contribution >= 0.6 is 0 Å². The highest BCUT2D eigenvalue weighted by Gasteiger charge is 2.12. The zero-order valence-corrected chi connectivity index (χ0v) is 15.6. The van der Waals surface area contributed by atoms with Crippen molar-refractivity contribution in [3.05, 3.63) is 78.4 Å². The lowest BCUT2D eigenvalue weighted by Crippen LogP contribution is -2.05. The van der Waals surface area contributed by atoms with Gasteiger partial charge in [-0.15, -0.1) is 10.2 Å². The first kappa shape index (κ1) is 17.7. The SMILES string of the molecule is CC(=O)Nc1cccc(Oc2nnc(-c3ccc(C)cc3)c3ccccc23)c1. The Morgan fingerprint density at radius 3 is 2.39 bits per heavy atom. The molecule has 1 heterocycles. The Morgan fingerprint density at radius 2 is 1.64 bits per heavy atom. The molecule has 1 aromatic heterocycles. The summed E-state index contributed by atoms with van der Waals surface area (Å²) in [5, 5.41) is 13.3. The van der Waals surface area contributed by atoms with E-state index >= 15 is 0 Å². The molecule has 138 valence electrons. The molecule has 4 aromatic rings. The fourth-order valence-corrected chi connectivity index (χ4v) is 3.03. The lowest BCUT2D eigenvalue weighted by atomic mass is 10.0. The number of benzene rings is 3. The summed E-state index contributed by atoms with van der Waals surface area (Å²) in [5.41, 5.74) is 3.68. The third kappa shape index (κ3) is 3.69. The number of ether oxygens (including phenoxy) is 1. The molecule has 5 nitrogen and oxygen atoms in total. The van der Waals surface area contributed by atoms with E-state index in [0.29, 0.717) is 17.3 Å². The molecule has 1 amide bonds. The first-order valence-electron chi connectivity index (χ1n) is 8.98. The largest absolute Gasteiger partial charge is 0.437 e. The van der Waals surface area contributed by atoms with Crippen LogP contribution in [0.4, 0.5) is 5.69 Å². The fourth-order valence-electron chi connectivity index (χ4n) is 3.03. The number of fused-ring (bicyclic) bond motifs is 1. The Bertz CT molecular complexity index is 1150. The van der Waals surface area contributed by atoms with Gasteiger partial charge in [0.1, 0.15) is 11.4 Å². The van der Waals surface area contributed by atoms with Crippen LogP contribution in [0.3, 0.4) is 0 Å². The number of anilines is 1. The monoisotopic (exact) mass is 369 g/mol. The smallest absolute Gasteiger partial charge is 0.246 e. The molecule has 28 heavy (non-hydrogen) atoms. The number of nitrogens with zero attached hydrogens (tertiary/aromatic N) is 2. The van der Waals surface area contributed by atoms with Crippen LogP contribution in [0, 0.1) is 6.92 Å². The summed E-state index contributed by atoms with van der Waals surface area (Å²) in [6.45, 7) is 3.52. The summed E-state index contributed by atoms with van der Waals surface area (Å²) in [5.74, 6) is 0.866. The summed E-state index contributed by atoms with van der Waals surface area (Å²) < 4.78 is 6.00. The van der Waals surface area contributed by atoms with E-state index in [4.69, 9.17) is 4.74 Å². The standard InChI is InChI=1S/C23H19N3O2/c1-15-10-12-17(13-11-15)22-20-8-3-4-9-21(20)23(26-25-22)28-19-7-5-6-18(14-19)24-16(2)27/h3-14H,1-2H3,(H,24,27). The molecule has 0 bridgehead atoms. The highest BCUT2D eigenvalue weighted by atomic mass is 16.5. The summed E-state index contributed by atoms with van der Waals surface area (Å²) in [4.78, 5) is 11.3. The number of aryl methyl sites for hydroxylation is 1. The van der Waals surface area contributed by atoms with Crippen molar-refractivity contribution in [2.24, 2.45) is 0 Å². The zero-order chi connectivity index (χ0) is 19.5. The first-order chi connectivity index (χ1) is 13.6. The second-order valence-corrected chi connectivity index (χ2v) is 6.58. The van der Waals surface area contributed by atoms with Gasteiger partial charge in [-0.25, -0.2) is 0 Å². The van der Waals surface area contributed by atoms with E-state index in [0.717, 1.165) is 22.0 Å². The van der Waals surface area contributed by atoms with Crippen molar-refractivity contribution in [2.45, 2.75) is 13.8 Å². The van der Waals surface area contributed by atoms with Gasteiger partial charge in [-0.3, -0.25) is 4.79 Å². The molecule has 0 saturated carbocycles. The molecule has 4 rings (SSSR count). The van der Waals surface area contributed by atoms with Gasteiger partial charge in [-0.2, -0.15) is 0 Å². The number of hydrogen-bond donors (Lipinski definition) is 1. The molecule has 0 saturated heterocycles. The Kier molecular flexibility index (Phi) is 4.72. The van der Waals surface area contributed by atoms with Crippen LogP contribution in [-0.4, -0.2) is 16.1 Å². The van der Waals surface area contributed by atoms with Gasteiger partial charge < -0.3 is 10.1 Å². The zero-order valence-electron chi connectivity index (χ0n) is 15.6. The minimum Gasteiger partial charge on any atom is -0.437 e. The van der Waals surface area contributed by atoms with E-state index in [-0.39, 0.29) is 5.91 Å². The van der Waals surface area contributed by atoms with E-state index in [9.17, 15) is 4.79 Å². The second-order valence-electron chi connectivity index (χ2n) is 6.58. The van der Waals surface area contributed by atoms with Gasteiger partial charge in [0.2, 0.25) is 11.8 Å². The van der Waals surface area contributed by atoms with Crippen LogP contribution in [0.2, 0.25) is 0 Å². The number of amides is 1. The van der Waals surface area contributed by atoms with Gasteiger partial charge in [-0.05, 0) is 25.1 Å². The van der Waals surface area contributed by atoms with Gasteiger partial charge in [0.05, 0.1) is 0 Å². The normalized spacial score (nSPS) is 10.6. The number of aromatic nitrogens is 2. The number of carbonyl (C=O) groups is 1. The quantitative estimate of drug-likeness (QED) is 0.526. The Hall–Kier alpha value is -3.73. The molecule has 1 N–H and O–H groups in total. The average Bonchev–Trinajstić information content (AvgIpc) is 2.69. The van der Waals surface area contributed by atoms with Crippen molar-refractivity contribution in [3.8, 4) is 22.9 Å². The predicted molar refractivity (Wildman–Crippen MR) is 111 cm³/mol. The summed E-state index contributed by atoms with van der Waals surface area (Å²) >= 11 is 0. The lowest BCUT2D eigenvalue weighted by Gasteiger charge is -2.11. The highest BCUT2D eigenvalue weighted by Crippen LogP contribution is 2.33. The molecule has 0 atom stereocenters. The topological polar surface area (TPSA) is 64.1 Å². The summed E-state index contributed by atoms with van der Waals surface area (Å²) in [7, 11) is 0. The third-order valence-electron chi connectivity index (χ3n) is 4.35. The van der Waals surface area contributed by atoms with Crippen LogP contribution in [0.5, 0.6) is 11.6 Å². The molecular formula is C23H19N3O2. The maximum absolute atomic E-state index is 11.3. The average molecular weight is 369 g/mol. The van der Waals surface area contributed by atoms with Gasteiger partial charge in [0.15, 0.2) is 0 Å². The number of carbonyl (C=O) groups excluding carboxylic acids is 1. The van der Waals surface area contributed by atoms with Crippen LogP contribution in [-0.2, 0) is 4.79 Å². The number of hydrogen-bond acceptors (Lipinski definition) is 4. The number of rotatable bonds is 4. The molecule has 0 radical (unpaired) electrons. The summed E-state index contributed by atoms with van der Waals surface area (Å²) in [6, 6.07) is 23.3. The van der Waals surface area contributed by atoms with Crippen LogP contribution in [0.25, 0.3) is 22.0 Å². The van der Waals surface area contributed by atoms with Crippen LogP contribution < -0.4 is 10.1 Å². The third-order valence-corrected chi connectivity index (χ3v) is 4.35. The minimum atomic E-state index is -0.134. The maximum atomic E-state index is 11.3. The van der Waals surface area contributed by atoms with Gasteiger partial charge >= 0.3 is 0 Å². The Labute approximate surface area is 163 Å². The molecule has 0 aliphatic rings. The van der Waals surface area contributed by atoms with E-state index in [2.05, 4.69) is 34.6 Å². The molecule has 0 unspecified atom stereocenters. The molecule has 0 aliphatic carbocycles. The highest BCUT2D eigenvalue weighted by molar-refractivity contribution is 5.97. The van der Waals surface area contributed by atoms with Crippen molar-refractivity contribution < 1.29 is 9.53 Å². The molecule has 0 fully saturated rings. The Morgan fingerprint density at radius 1 is 0.893 bits per heavy atom. The lowest BCUT2D eigenvalue weighted by molar-refractivity contribution is -0.114. The molecule has 5 heteroatoms.